The molecule has 6 nitrogen and oxygen atoms in total. The molecule has 0 saturated carbocycles. The zero-order valence-electron chi connectivity index (χ0n) is 13.0. The zero-order chi connectivity index (χ0) is 16.5. The highest BCUT2D eigenvalue weighted by atomic mass is 32.1. The van der Waals surface area contributed by atoms with E-state index in [0.29, 0.717) is 12.1 Å². The summed E-state index contributed by atoms with van der Waals surface area (Å²) in [5.41, 5.74) is 2.54. The van der Waals surface area contributed by atoms with Crippen molar-refractivity contribution in [3.63, 3.8) is 0 Å². The largest absolute Gasteiger partial charge is 0.327 e. The van der Waals surface area contributed by atoms with Gasteiger partial charge in [-0.3, -0.25) is 0 Å². The first-order chi connectivity index (χ1) is 11.8. The third kappa shape index (κ3) is 2.37. The van der Waals surface area contributed by atoms with Crippen molar-refractivity contribution in [1.82, 2.24) is 24.1 Å². The number of aromatic nitrogens is 5. The minimum absolute atomic E-state index is 0.610. The van der Waals surface area contributed by atoms with Crippen molar-refractivity contribution in [2.45, 2.75) is 20.0 Å². The zero-order valence-corrected chi connectivity index (χ0v) is 13.9. The van der Waals surface area contributed by atoms with Crippen molar-refractivity contribution in [3.05, 3.63) is 53.6 Å². The molecule has 3 heterocycles. The molecule has 0 aliphatic carbocycles. The Balaban J connectivity index is 1.78. The maximum atomic E-state index is 9.12. The van der Waals surface area contributed by atoms with Crippen LogP contribution in [0.5, 0.6) is 0 Å². The molecule has 4 rings (SSSR count). The Labute approximate surface area is 142 Å². The second-order valence-corrected chi connectivity index (χ2v) is 6.20. The fourth-order valence-electron chi connectivity index (χ4n) is 2.84. The molecule has 0 radical (unpaired) electrons. The highest BCUT2D eigenvalue weighted by Gasteiger charge is 2.14. The molecule has 0 fully saturated rings. The Kier molecular flexibility index (Phi) is 3.59. The van der Waals surface area contributed by atoms with Crippen LogP contribution < -0.4 is 0 Å². The van der Waals surface area contributed by atoms with Crippen molar-refractivity contribution in [3.8, 4) is 16.9 Å². The van der Waals surface area contributed by atoms with Gasteiger partial charge >= 0.3 is 0 Å². The Bertz CT molecular complexity index is 1040. The smallest absolute Gasteiger partial charge is 0.169 e. The average molecular weight is 334 g/mol. The van der Waals surface area contributed by atoms with E-state index >= 15 is 0 Å². The lowest BCUT2D eigenvalue weighted by Crippen LogP contribution is -2.08. The molecule has 1 aromatic carbocycles. The third-order valence-electron chi connectivity index (χ3n) is 3.92. The number of rotatable bonds is 4. The van der Waals surface area contributed by atoms with E-state index < -0.39 is 0 Å². The van der Waals surface area contributed by atoms with E-state index in [-0.39, 0.29) is 0 Å². The first kappa shape index (κ1) is 14.6. The highest BCUT2D eigenvalue weighted by Crippen LogP contribution is 2.23. The predicted octanol–water partition coefficient (Wildman–Crippen LogP) is 3.30. The Morgan fingerprint density at radius 1 is 1.25 bits per heavy atom. The monoisotopic (exact) mass is 334 g/mol. The minimum Gasteiger partial charge on any atom is -0.327 e. The molecule has 0 amide bonds. The normalized spacial score (nSPS) is 11.0. The Hall–Kier alpha value is -2.98. The molecule has 0 saturated heterocycles. The summed E-state index contributed by atoms with van der Waals surface area (Å²) in [4.78, 5) is 13.5. The van der Waals surface area contributed by atoms with Crippen molar-refractivity contribution in [1.29, 1.82) is 5.26 Å². The van der Waals surface area contributed by atoms with Gasteiger partial charge in [0.25, 0.3) is 0 Å². The van der Waals surface area contributed by atoms with E-state index in [1.54, 1.807) is 29.8 Å². The van der Waals surface area contributed by atoms with Gasteiger partial charge in [-0.05, 0) is 25.1 Å². The SMILES string of the molecule is CCn1c(Cn2ccnc2-c2nccs2)nc2ccc(C#N)cc21. The molecule has 0 atom stereocenters. The second kappa shape index (κ2) is 5.91. The summed E-state index contributed by atoms with van der Waals surface area (Å²) in [5, 5.41) is 12.0. The van der Waals surface area contributed by atoms with Gasteiger partial charge in [0, 0.05) is 30.5 Å². The maximum Gasteiger partial charge on any atom is 0.169 e. The van der Waals surface area contributed by atoms with E-state index in [1.165, 1.54) is 0 Å². The van der Waals surface area contributed by atoms with Crippen molar-refractivity contribution in [2.24, 2.45) is 0 Å². The molecular weight excluding hydrogens is 320 g/mol. The first-order valence-electron chi connectivity index (χ1n) is 7.60. The van der Waals surface area contributed by atoms with Gasteiger partial charge in [-0.2, -0.15) is 5.26 Å². The predicted molar refractivity (Wildman–Crippen MR) is 92.6 cm³/mol. The summed E-state index contributed by atoms with van der Waals surface area (Å²) in [5.74, 6) is 1.79. The number of benzene rings is 1. The standard InChI is InChI=1S/C17H14N6S/c1-2-23-14-9-12(10-18)3-4-13(14)21-15(23)11-22-7-5-19-16(22)17-20-6-8-24-17/h3-9H,2,11H2,1H3. The average Bonchev–Trinajstić information content (AvgIpc) is 3.33. The summed E-state index contributed by atoms with van der Waals surface area (Å²) in [6, 6.07) is 7.79. The molecule has 0 unspecified atom stereocenters. The summed E-state index contributed by atoms with van der Waals surface area (Å²) in [6.07, 6.45) is 5.50. The fraction of sp³-hybridized carbons (Fsp3) is 0.176. The fourth-order valence-corrected chi connectivity index (χ4v) is 3.48. The number of thiazole rings is 1. The quantitative estimate of drug-likeness (QED) is 0.574. The number of nitrogens with zero attached hydrogens (tertiary/aromatic N) is 6. The summed E-state index contributed by atoms with van der Waals surface area (Å²) in [6.45, 7) is 3.49. The number of aryl methyl sites for hydroxylation is 1. The van der Waals surface area contributed by atoms with Crippen molar-refractivity contribution >= 4 is 22.4 Å². The van der Waals surface area contributed by atoms with E-state index in [0.717, 1.165) is 34.2 Å². The van der Waals surface area contributed by atoms with Gasteiger partial charge in [0.2, 0.25) is 0 Å². The Morgan fingerprint density at radius 2 is 2.17 bits per heavy atom. The molecule has 0 aliphatic heterocycles. The van der Waals surface area contributed by atoms with Crippen LogP contribution in [0.3, 0.4) is 0 Å². The Morgan fingerprint density at radius 3 is 2.92 bits per heavy atom. The van der Waals surface area contributed by atoms with Crippen LogP contribution in [0.1, 0.15) is 18.3 Å². The number of hydrogen-bond donors (Lipinski definition) is 0. The molecule has 3 aromatic heterocycles. The lowest BCUT2D eigenvalue weighted by Gasteiger charge is -2.08. The highest BCUT2D eigenvalue weighted by molar-refractivity contribution is 7.13. The molecular formula is C17H14N6S. The van der Waals surface area contributed by atoms with Crippen LogP contribution in [0.25, 0.3) is 21.9 Å². The number of hydrogen-bond acceptors (Lipinski definition) is 5. The molecule has 0 bridgehead atoms. The lowest BCUT2D eigenvalue weighted by molar-refractivity contribution is 0.667. The topological polar surface area (TPSA) is 72.3 Å². The third-order valence-corrected chi connectivity index (χ3v) is 4.69. The number of imidazole rings is 2. The van der Waals surface area contributed by atoms with Gasteiger partial charge in [0.1, 0.15) is 5.82 Å². The summed E-state index contributed by atoms with van der Waals surface area (Å²) in [7, 11) is 0. The van der Waals surface area contributed by atoms with E-state index in [1.807, 2.05) is 23.7 Å². The maximum absolute atomic E-state index is 9.12. The molecule has 7 heteroatoms. The molecule has 0 spiro atoms. The molecule has 118 valence electrons. The van der Waals surface area contributed by atoms with Crippen molar-refractivity contribution in [2.75, 3.05) is 0 Å². The molecule has 0 aliphatic rings. The van der Waals surface area contributed by atoms with Crippen LogP contribution in [-0.4, -0.2) is 24.1 Å². The van der Waals surface area contributed by atoms with E-state index in [9.17, 15) is 0 Å². The minimum atomic E-state index is 0.610. The van der Waals surface area contributed by atoms with Crippen LogP contribution in [0.15, 0.2) is 42.2 Å². The van der Waals surface area contributed by atoms with Crippen LogP contribution in [-0.2, 0) is 13.1 Å². The number of fused-ring (bicyclic) bond motifs is 1. The first-order valence-corrected chi connectivity index (χ1v) is 8.48. The van der Waals surface area contributed by atoms with Crippen LogP contribution >= 0.6 is 11.3 Å². The van der Waals surface area contributed by atoms with Gasteiger partial charge in [-0.1, -0.05) is 0 Å². The van der Waals surface area contributed by atoms with Gasteiger partial charge in [-0.25, -0.2) is 15.0 Å². The van der Waals surface area contributed by atoms with Crippen LogP contribution in [0.4, 0.5) is 0 Å². The summed E-state index contributed by atoms with van der Waals surface area (Å²) >= 11 is 1.57. The second-order valence-electron chi connectivity index (χ2n) is 5.30. The van der Waals surface area contributed by atoms with Gasteiger partial charge in [0.15, 0.2) is 10.8 Å². The number of nitriles is 1. The van der Waals surface area contributed by atoms with Crippen molar-refractivity contribution < 1.29 is 0 Å². The van der Waals surface area contributed by atoms with E-state index in [4.69, 9.17) is 10.2 Å². The molecule has 24 heavy (non-hydrogen) atoms. The van der Waals surface area contributed by atoms with Gasteiger partial charge < -0.3 is 9.13 Å². The van der Waals surface area contributed by atoms with Crippen LogP contribution in [0, 0.1) is 11.3 Å². The lowest BCUT2D eigenvalue weighted by atomic mass is 10.2. The van der Waals surface area contributed by atoms with Crippen LogP contribution in [0.2, 0.25) is 0 Å². The van der Waals surface area contributed by atoms with Gasteiger partial charge in [-0.15, -0.1) is 11.3 Å². The van der Waals surface area contributed by atoms with E-state index in [2.05, 4.69) is 32.1 Å². The summed E-state index contributed by atoms with van der Waals surface area (Å²) < 4.78 is 4.19. The molecule has 0 N–H and O–H groups in total. The molecule has 4 aromatic rings. The van der Waals surface area contributed by atoms with Gasteiger partial charge in [0.05, 0.1) is 29.2 Å².